The van der Waals surface area contributed by atoms with Gasteiger partial charge in [-0.3, -0.25) is 9.65 Å². The fraction of sp³-hybridized carbons (Fsp3) is 0.133. The molecule has 7 heteroatoms. The predicted molar refractivity (Wildman–Crippen MR) is 87.8 cm³/mol. The summed E-state index contributed by atoms with van der Waals surface area (Å²) in [5.74, 6) is 0. The molecule has 0 saturated carbocycles. The molecule has 1 fully saturated rings. The van der Waals surface area contributed by atoms with Crippen LogP contribution in [0.1, 0.15) is 0 Å². The summed E-state index contributed by atoms with van der Waals surface area (Å²) in [6.45, 7) is 1.39. The lowest BCUT2D eigenvalue weighted by Gasteiger charge is -2.23. The van der Waals surface area contributed by atoms with Gasteiger partial charge in [0.25, 0.3) is 0 Å². The number of hydrogen-bond donors (Lipinski definition) is 3. The molecular weight excluding hydrogens is 299 g/mol. The van der Waals surface area contributed by atoms with Gasteiger partial charge in [-0.1, -0.05) is 36.4 Å². The van der Waals surface area contributed by atoms with Gasteiger partial charge in [0.1, 0.15) is 0 Å². The van der Waals surface area contributed by atoms with Crippen LogP contribution >= 0.6 is 7.59 Å². The van der Waals surface area contributed by atoms with Crippen LogP contribution in [0.25, 0.3) is 0 Å². The molecule has 114 valence electrons. The molecule has 2 aromatic rings. The van der Waals surface area contributed by atoms with E-state index in [4.69, 9.17) is 0 Å². The largest absolute Gasteiger partial charge is 0.356 e. The van der Waals surface area contributed by atoms with E-state index >= 15 is 0 Å². The van der Waals surface area contributed by atoms with Gasteiger partial charge in [0.15, 0.2) is 0 Å². The third-order valence-electron chi connectivity index (χ3n) is 3.11. The molecule has 2 aromatic carbocycles. The number of nitrogens with zero attached hydrogens (tertiary/aromatic N) is 1. The van der Waals surface area contributed by atoms with Gasteiger partial charge in [-0.05, 0) is 24.3 Å². The summed E-state index contributed by atoms with van der Waals surface area (Å²) in [5, 5.41) is 8.38. The van der Waals surface area contributed by atoms with Gasteiger partial charge in [0.2, 0.25) is 0 Å². The van der Waals surface area contributed by atoms with Gasteiger partial charge in [-0.25, -0.2) is 4.79 Å². The average Bonchev–Trinajstić information content (AvgIpc) is 3.33. The molecule has 3 N–H and O–H groups in total. The van der Waals surface area contributed by atoms with Crippen LogP contribution in [-0.4, -0.2) is 24.0 Å². The Bertz CT molecular complexity index is 644. The number of carbonyl (C=O) groups excluding carboxylic acids is 1. The number of nitrogens with one attached hydrogen (secondary N) is 3. The first-order valence-corrected chi connectivity index (χ1v) is 8.69. The highest BCUT2D eigenvalue weighted by molar-refractivity contribution is 7.65. The number of benzene rings is 2. The Hall–Kier alpha value is -2.46. The molecule has 1 aliphatic rings. The van der Waals surface area contributed by atoms with Crippen molar-refractivity contribution >= 4 is 25.0 Å². The maximum Gasteiger partial charge on any atom is 0.356 e. The van der Waals surface area contributed by atoms with Crippen LogP contribution in [0.5, 0.6) is 0 Å². The van der Waals surface area contributed by atoms with Gasteiger partial charge in [-0.2, -0.15) is 0 Å². The van der Waals surface area contributed by atoms with E-state index in [1.807, 2.05) is 36.4 Å². The minimum atomic E-state index is -3.37. The molecular formula is C15H17N4O2P. The van der Waals surface area contributed by atoms with Crippen molar-refractivity contribution in [3.63, 3.8) is 0 Å². The molecule has 0 unspecified atom stereocenters. The Kier molecular flexibility index (Phi) is 4.02. The summed E-state index contributed by atoms with van der Waals surface area (Å²) in [4.78, 5) is 13.5. The van der Waals surface area contributed by atoms with Crippen molar-refractivity contribution in [3.05, 3.63) is 60.7 Å². The number of urea groups is 1. The van der Waals surface area contributed by atoms with Crippen molar-refractivity contribution in [2.75, 3.05) is 23.3 Å². The summed E-state index contributed by atoms with van der Waals surface area (Å²) in [6.07, 6.45) is 0. The summed E-state index contributed by atoms with van der Waals surface area (Å²) in [6, 6.07) is 17.9. The van der Waals surface area contributed by atoms with E-state index in [0.29, 0.717) is 24.5 Å². The second-order valence-corrected chi connectivity index (χ2v) is 6.86. The Balaban J connectivity index is 1.80. The van der Waals surface area contributed by atoms with Crippen LogP contribution in [0.2, 0.25) is 0 Å². The molecule has 0 atom stereocenters. The second-order valence-electron chi connectivity index (χ2n) is 4.97. The number of carbonyl (C=O) groups is 1. The number of amides is 2. The molecule has 1 aliphatic heterocycles. The molecule has 2 amide bonds. The first-order chi connectivity index (χ1) is 10.6. The van der Waals surface area contributed by atoms with E-state index in [-0.39, 0.29) is 6.03 Å². The molecule has 0 bridgehead atoms. The Morgan fingerprint density at radius 2 is 1.32 bits per heavy atom. The van der Waals surface area contributed by atoms with E-state index in [2.05, 4.69) is 15.3 Å². The lowest BCUT2D eigenvalue weighted by atomic mass is 10.3. The molecule has 0 radical (unpaired) electrons. The van der Waals surface area contributed by atoms with E-state index in [1.165, 1.54) is 0 Å². The zero-order valence-electron chi connectivity index (χ0n) is 11.9. The lowest BCUT2D eigenvalue weighted by molar-refractivity contribution is 0.235. The van der Waals surface area contributed by atoms with Crippen molar-refractivity contribution < 1.29 is 9.36 Å². The molecule has 1 heterocycles. The highest BCUT2D eigenvalue weighted by Gasteiger charge is 2.31. The van der Waals surface area contributed by atoms with Crippen molar-refractivity contribution in [1.82, 2.24) is 9.99 Å². The zero-order valence-corrected chi connectivity index (χ0v) is 12.8. The Morgan fingerprint density at radius 1 is 0.864 bits per heavy atom. The van der Waals surface area contributed by atoms with E-state index in [1.54, 1.807) is 29.2 Å². The zero-order chi connectivity index (χ0) is 15.4. The standard InChI is InChI=1S/C15H17N4O2P/c20-15(19-11-12-19)18-22(21,16-13-7-3-1-4-8-13)17-14-9-5-2-6-10-14/h1-10H,11-12H2,(H3,16,17,18,20,21). The second kappa shape index (κ2) is 6.12. The van der Waals surface area contributed by atoms with E-state index in [0.717, 1.165) is 0 Å². The monoisotopic (exact) mass is 316 g/mol. The smallest absolute Gasteiger partial charge is 0.321 e. The summed E-state index contributed by atoms with van der Waals surface area (Å²) in [5.41, 5.74) is 1.33. The fourth-order valence-electron chi connectivity index (χ4n) is 1.93. The topological polar surface area (TPSA) is 73.2 Å². The number of rotatable bonds is 5. The fourth-order valence-corrected chi connectivity index (χ4v) is 3.54. The van der Waals surface area contributed by atoms with Crippen LogP contribution in [-0.2, 0) is 4.57 Å². The number of anilines is 2. The Labute approximate surface area is 129 Å². The molecule has 0 aromatic heterocycles. The maximum atomic E-state index is 13.1. The van der Waals surface area contributed by atoms with Crippen molar-refractivity contribution in [2.24, 2.45) is 0 Å². The van der Waals surface area contributed by atoms with Crippen LogP contribution in [0.3, 0.4) is 0 Å². The minimum absolute atomic E-state index is 0.338. The molecule has 0 spiro atoms. The molecule has 0 aliphatic carbocycles. The third-order valence-corrected chi connectivity index (χ3v) is 4.76. The van der Waals surface area contributed by atoms with E-state index < -0.39 is 7.59 Å². The van der Waals surface area contributed by atoms with Crippen LogP contribution in [0, 0.1) is 0 Å². The van der Waals surface area contributed by atoms with Gasteiger partial charge in [0, 0.05) is 24.5 Å². The quantitative estimate of drug-likeness (QED) is 0.584. The van der Waals surface area contributed by atoms with Gasteiger partial charge in [-0.15, -0.1) is 0 Å². The lowest BCUT2D eigenvalue weighted by Crippen LogP contribution is -2.31. The number of para-hydroxylation sites is 2. The average molecular weight is 316 g/mol. The highest BCUT2D eigenvalue weighted by atomic mass is 31.2. The number of hydrogen-bond acceptors (Lipinski definition) is 2. The third kappa shape index (κ3) is 3.80. The maximum absolute atomic E-state index is 13.1. The summed E-state index contributed by atoms with van der Waals surface area (Å²) >= 11 is 0. The molecule has 6 nitrogen and oxygen atoms in total. The normalized spacial score (nSPS) is 13.4. The van der Waals surface area contributed by atoms with Crippen LogP contribution < -0.4 is 15.3 Å². The van der Waals surface area contributed by atoms with Gasteiger partial charge in [0.05, 0.1) is 0 Å². The van der Waals surface area contributed by atoms with Gasteiger partial charge >= 0.3 is 13.6 Å². The molecule has 3 rings (SSSR count). The van der Waals surface area contributed by atoms with Crippen LogP contribution in [0.4, 0.5) is 16.2 Å². The van der Waals surface area contributed by atoms with Crippen LogP contribution in [0.15, 0.2) is 60.7 Å². The summed E-state index contributed by atoms with van der Waals surface area (Å²) in [7, 11) is -3.37. The van der Waals surface area contributed by atoms with Crippen molar-refractivity contribution in [1.29, 1.82) is 0 Å². The Morgan fingerprint density at radius 3 is 1.73 bits per heavy atom. The minimum Gasteiger partial charge on any atom is -0.321 e. The molecule has 1 saturated heterocycles. The predicted octanol–water partition coefficient (Wildman–Crippen LogP) is 3.34. The van der Waals surface area contributed by atoms with Crippen molar-refractivity contribution in [3.8, 4) is 0 Å². The summed E-state index contributed by atoms with van der Waals surface area (Å²) < 4.78 is 13.1. The first kappa shape index (κ1) is 14.5. The molecule has 22 heavy (non-hydrogen) atoms. The first-order valence-electron chi connectivity index (χ1n) is 6.98. The highest BCUT2D eigenvalue weighted by Crippen LogP contribution is 2.41. The SMILES string of the molecule is O=C(NP(=O)(Nc1ccccc1)Nc1ccccc1)N1CC1. The van der Waals surface area contributed by atoms with Gasteiger partial charge < -0.3 is 15.1 Å². The van der Waals surface area contributed by atoms with Crippen molar-refractivity contribution in [2.45, 2.75) is 0 Å². The van der Waals surface area contributed by atoms with E-state index in [9.17, 15) is 9.36 Å².